The minimum Gasteiger partial charge on any atom is -0.399 e. The maximum atomic E-state index is 14.1. The van der Waals surface area contributed by atoms with Gasteiger partial charge in [-0.3, -0.25) is 0 Å². The molecule has 0 spiro atoms. The summed E-state index contributed by atoms with van der Waals surface area (Å²) in [5.41, 5.74) is 7.06. The molecule has 2 N–H and O–H groups in total. The Balaban J connectivity index is 2.05. The molecule has 1 saturated heterocycles. The van der Waals surface area contributed by atoms with E-state index in [0.29, 0.717) is 5.69 Å². The smallest absolute Gasteiger partial charge is 0.128 e. The Morgan fingerprint density at radius 3 is 2.40 bits per heavy atom. The molecule has 0 bridgehead atoms. The zero-order chi connectivity index (χ0) is 10.7. The maximum Gasteiger partial charge on any atom is 0.128 e. The Labute approximate surface area is 94.2 Å². The largest absolute Gasteiger partial charge is 0.399 e. The number of nitrogens with two attached hydrogens (primary N) is 1. The van der Waals surface area contributed by atoms with Gasteiger partial charge in [0.2, 0.25) is 0 Å². The second kappa shape index (κ2) is 4.88. The number of benzene rings is 1. The van der Waals surface area contributed by atoms with Crippen molar-refractivity contribution in [3.05, 3.63) is 29.8 Å². The molecule has 1 atom stereocenters. The summed E-state index contributed by atoms with van der Waals surface area (Å²) in [5, 5.41) is 0. The second-order valence-corrected chi connectivity index (χ2v) is 5.24. The van der Waals surface area contributed by atoms with E-state index in [4.69, 9.17) is 5.73 Å². The molecule has 15 heavy (non-hydrogen) atoms. The van der Waals surface area contributed by atoms with Crippen LogP contribution in [-0.4, -0.2) is 11.5 Å². The van der Waals surface area contributed by atoms with E-state index < -0.39 is 6.17 Å². The SMILES string of the molecule is Nc1ccc(C(F)C2CCSCC2)cc1. The molecule has 1 aliphatic heterocycles. The molecular formula is C12H16FNS. The molecule has 82 valence electrons. The second-order valence-electron chi connectivity index (χ2n) is 4.02. The van der Waals surface area contributed by atoms with Crippen LogP contribution < -0.4 is 5.73 Å². The first kappa shape index (κ1) is 10.8. The Hall–Kier alpha value is -0.700. The van der Waals surface area contributed by atoms with E-state index in [1.165, 1.54) is 0 Å². The third-order valence-corrected chi connectivity index (χ3v) is 3.98. The van der Waals surface area contributed by atoms with Crippen molar-refractivity contribution >= 4 is 17.4 Å². The Morgan fingerprint density at radius 2 is 1.80 bits per heavy atom. The van der Waals surface area contributed by atoms with Gasteiger partial charge in [0.15, 0.2) is 0 Å². The molecule has 1 heterocycles. The lowest BCUT2D eigenvalue weighted by Gasteiger charge is -2.24. The Kier molecular flexibility index (Phi) is 3.52. The highest BCUT2D eigenvalue weighted by Crippen LogP contribution is 2.36. The van der Waals surface area contributed by atoms with E-state index in [0.717, 1.165) is 29.9 Å². The van der Waals surface area contributed by atoms with Gasteiger partial charge in [0.25, 0.3) is 0 Å². The zero-order valence-electron chi connectivity index (χ0n) is 8.66. The van der Waals surface area contributed by atoms with Crippen LogP contribution in [0.5, 0.6) is 0 Å². The third-order valence-electron chi connectivity index (χ3n) is 2.93. The van der Waals surface area contributed by atoms with Crippen molar-refractivity contribution in [1.82, 2.24) is 0 Å². The first-order valence-corrected chi connectivity index (χ1v) is 6.50. The number of rotatable bonds is 2. The number of thioether (sulfide) groups is 1. The molecule has 1 fully saturated rings. The van der Waals surface area contributed by atoms with Crippen molar-refractivity contribution in [2.45, 2.75) is 19.0 Å². The normalized spacial score (nSPS) is 20.1. The summed E-state index contributed by atoms with van der Waals surface area (Å²) in [5.74, 6) is 2.40. The van der Waals surface area contributed by atoms with E-state index in [-0.39, 0.29) is 5.92 Å². The number of alkyl halides is 1. The molecule has 1 unspecified atom stereocenters. The quantitative estimate of drug-likeness (QED) is 0.780. The fourth-order valence-electron chi connectivity index (χ4n) is 1.96. The summed E-state index contributed by atoms with van der Waals surface area (Å²) < 4.78 is 14.1. The van der Waals surface area contributed by atoms with Gasteiger partial charge in [0.1, 0.15) is 6.17 Å². The van der Waals surface area contributed by atoms with Gasteiger partial charge in [0.05, 0.1) is 0 Å². The van der Waals surface area contributed by atoms with Crippen molar-refractivity contribution in [3.63, 3.8) is 0 Å². The van der Waals surface area contributed by atoms with Crippen molar-refractivity contribution in [2.75, 3.05) is 17.2 Å². The summed E-state index contributed by atoms with van der Waals surface area (Å²) in [6.45, 7) is 0. The van der Waals surface area contributed by atoms with Gasteiger partial charge in [-0.05, 0) is 48.0 Å². The molecule has 0 aromatic heterocycles. The molecule has 3 heteroatoms. The van der Waals surface area contributed by atoms with Crippen LogP contribution in [0.4, 0.5) is 10.1 Å². The van der Waals surface area contributed by atoms with Gasteiger partial charge in [-0.15, -0.1) is 0 Å². The van der Waals surface area contributed by atoms with E-state index >= 15 is 0 Å². The van der Waals surface area contributed by atoms with E-state index in [2.05, 4.69) is 0 Å². The molecule has 2 rings (SSSR count). The van der Waals surface area contributed by atoms with Gasteiger partial charge in [0, 0.05) is 5.69 Å². The van der Waals surface area contributed by atoms with Crippen LogP contribution in [0, 0.1) is 5.92 Å². The molecular weight excluding hydrogens is 209 g/mol. The predicted octanol–water partition coefficient (Wildman–Crippen LogP) is 3.42. The highest BCUT2D eigenvalue weighted by atomic mass is 32.2. The topological polar surface area (TPSA) is 26.0 Å². The van der Waals surface area contributed by atoms with Gasteiger partial charge >= 0.3 is 0 Å². The molecule has 1 aromatic rings. The summed E-state index contributed by atoms with van der Waals surface area (Å²) in [4.78, 5) is 0. The van der Waals surface area contributed by atoms with Gasteiger partial charge in [-0.2, -0.15) is 11.8 Å². The highest BCUT2D eigenvalue weighted by molar-refractivity contribution is 7.99. The van der Waals surface area contributed by atoms with Crippen LogP contribution in [0.2, 0.25) is 0 Å². The molecule has 0 aliphatic carbocycles. The summed E-state index contributed by atoms with van der Waals surface area (Å²) in [7, 11) is 0. The average molecular weight is 225 g/mol. The first-order valence-electron chi connectivity index (χ1n) is 5.34. The Morgan fingerprint density at radius 1 is 1.20 bits per heavy atom. The zero-order valence-corrected chi connectivity index (χ0v) is 9.47. The monoisotopic (exact) mass is 225 g/mol. The van der Waals surface area contributed by atoms with Crippen molar-refractivity contribution < 1.29 is 4.39 Å². The average Bonchev–Trinajstić information content (AvgIpc) is 2.30. The van der Waals surface area contributed by atoms with Crippen LogP contribution in [0.3, 0.4) is 0 Å². The van der Waals surface area contributed by atoms with Crippen LogP contribution >= 0.6 is 11.8 Å². The van der Waals surface area contributed by atoms with Crippen LogP contribution in [-0.2, 0) is 0 Å². The summed E-state index contributed by atoms with van der Waals surface area (Å²) >= 11 is 1.93. The first-order chi connectivity index (χ1) is 7.27. The van der Waals surface area contributed by atoms with Gasteiger partial charge in [-0.25, -0.2) is 4.39 Å². The number of hydrogen-bond acceptors (Lipinski definition) is 2. The van der Waals surface area contributed by atoms with Crippen LogP contribution in [0.15, 0.2) is 24.3 Å². The number of hydrogen-bond donors (Lipinski definition) is 1. The fourth-order valence-corrected chi connectivity index (χ4v) is 3.10. The molecule has 1 aromatic carbocycles. The number of anilines is 1. The lowest BCUT2D eigenvalue weighted by Crippen LogP contribution is -2.15. The lowest BCUT2D eigenvalue weighted by atomic mass is 9.92. The fraction of sp³-hybridized carbons (Fsp3) is 0.500. The van der Waals surface area contributed by atoms with E-state index in [9.17, 15) is 4.39 Å². The van der Waals surface area contributed by atoms with E-state index in [1.54, 1.807) is 12.1 Å². The minimum absolute atomic E-state index is 0.204. The highest BCUT2D eigenvalue weighted by Gasteiger charge is 2.24. The van der Waals surface area contributed by atoms with Crippen molar-refractivity contribution in [2.24, 2.45) is 5.92 Å². The summed E-state index contributed by atoms with van der Waals surface area (Å²) in [6, 6.07) is 7.17. The third kappa shape index (κ3) is 2.65. The molecule has 1 aliphatic rings. The maximum absolute atomic E-state index is 14.1. The number of nitrogen functional groups attached to an aromatic ring is 1. The molecule has 0 saturated carbocycles. The minimum atomic E-state index is -0.813. The van der Waals surface area contributed by atoms with Crippen molar-refractivity contribution in [3.8, 4) is 0 Å². The van der Waals surface area contributed by atoms with Crippen LogP contribution in [0.25, 0.3) is 0 Å². The van der Waals surface area contributed by atoms with Gasteiger partial charge < -0.3 is 5.73 Å². The predicted molar refractivity (Wildman–Crippen MR) is 64.8 cm³/mol. The molecule has 1 nitrogen and oxygen atoms in total. The molecule has 0 amide bonds. The number of halogens is 1. The van der Waals surface area contributed by atoms with Crippen molar-refractivity contribution in [1.29, 1.82) is 0 Å². The van der Waals surface area contributed by atoms with Crippen LogP contribution in [0.1, 0.15) is 24.6 Å². The summed E-state index contributed by atoms with van der Waals surface area (Å²) in [6.07, 6.45) is 1.18. The lowest BCUT2D eigenvalue weighted by molar-refractivity contribution is 0.220. The molecule has 0 radical (unpaired) electrons. The Bertz CT molecular complexity index is 306. The standard InChI is InChI=1S/C12H16FNS/c13-12(10-5-7-15-8-6-10)9-1-3-11(14)4-2-9/h1-4,10,12H,5-8,14H2. The van der Waals surface area contributed by atoms with Gasteiger partial charge in [-0.1, -0.05) is 12.1 Å². The van der Waals surface area contributed by atoms with E-state index in [1.807, 2.05) is 23.9 Å².